The second-order valence-electron chi connectivity index (χ2n) is 9.50. The van der Waals surface area contributed by atoms with E-state index in [0.717, 1.165) is 24.9 Å². The lowest BCUT2D eigenvalue weighted by molar-refractivity contribution is -0.149. The highest BCUT2D eigenvalue weighted by Crippen LogP contribution is 2.40. The number of carbonyl (C=O) groups excluding carboxylic acids is 3. The minimum absolute atomic E-state index is 0.142. The Labute approximate surface area is 174 Å². The molecule has 2 fully saturated rings. The first-order valence-corrected chi connectivity index (χ1v) is 10.9. The summed E-state index contributed by atoms with van der Waals surface area (Å²) < 4.78 is 0. The minimum atomic E-state index is -0.510. The van der Waals surface area contributed by atoms with Crippen molar-refractivity contribution < 1.29 is 14.4 Å². The number of benzene rings is 1. The number of likely N-dealkylation sites (tertiary alicyclic amines) is 2. The van der Waals surface area contributed by atoms with E-state index in [9.17, 15) is 14.4 Å². The van der Waals surface area contributed by atoms with Gasteiger partial charge in [-0.05, 0) is 42.2 Å². The van der Waals surface area contributed by atoms with Gasteiger partial charge in [-0.1, -0.05) is 52.0 Å². The first-order chi connectivity index (χ1) is 13.7. The fraction of sp³-hybridized carbons (Fsp3) is 0.625. The van der Waals surface area contributed by atoms with Crippen LogP contribution >= 0.6 is 0 Å². The number of rotatable bonds is 6. The smallest absolute Gasteiger partial charge is 0.289 e. The summed E-state index contributed by atoms with van der Waals surface area (Å²) in [6.45, 7) is 10.5. The quantitative estimate of drug-likeness (QED) is 0.686. The van der Waals surface area contributed by atoms with Gasteiger partial charge in [0.05, 0.1) is 5.41 Å². The molecule has 2 aliphatic rings. The summed E-state index contributed by atoms with van der Waals surface area (Å²) in [5.41, 5.74) is 1.92. The third-order valence-electron chi connectivity index (χ3n) is 6.32. The maximum atomic E-state index is 13.3. The maximum Gasteiger partial charge on any atom is 0.289 e. The molecule has 0 radical (unpaired) electrons. The fourth-order valence-corrected chi connectivity index (χ4v) is 4.59. The highest BCUT2D eigenvalue weighted by atomic mass is 16.2. The molecule has 0 N–H and O–H groups in total. The van der Waals surface area contributed by atoms with Gasteiger partial charge < -0.3 is 9.80 Å². The third kappa shape index (κ3) is 4.71. The van der Waals surface area contributed by atoms with Gasteiger partial charge in [-0.2, -0.15) is 0 Å². The van der Waals surface area contributed by atoms with Gasteiger partial charge in [-0.15, -0.1) is 0 Å². The van der Waals surface area contributed by atoms with Gasteiger partial charge in [0.1, 0.15) is 0 Å². The molecule has 0 aliphatic carbocycles. The average Bonchev–Trinajstić information content (AvgIpc) is 3.10. The van der Waals surface area contributed by atoms with Gasteiger partial charge in [0, 0.05) is 32.6 Å². The first kappa shape index (κ1) is 21.5. The van der Waals surface area contributed by atoms with E-state index in [2.05, 4.69) is 38.1 Å². The maximum absolute atomic E-state index is 13.3. The van der Waals surface area contributed by atoms with Crippen molar-refractivity contribution in [2.45, 2.75) is 65.8 Å². The van der Waals surface area contributed by atoms with Gasteiger partial charge in [0.25, 0.3) is 5.91 Å². The molecule has 1 aromatic carbocycles. The number of carbonyl (C=O) groups is 3. The molecule has 3 rings (SSSR count). The molecule has 5 nitrogen and oxygen atoms in total. The summed E-state index contributed by atoms with van der Waals surface area (Å²) in [4.78, 5) is 41.6. The van der Waals surface area contributed by atoms with Crippen molar-refractivity contribution >= 4 is 17.6 Å². The Balaban J connectivity index is 1.66. The van der Waals surface area contributed by atoms with E-state index in [1.807, 2.05) is 18.7 Å². The van der Waals surface area contributed by atoms with Crippen molar-refractivity contribution in [2.75, 3.05) is 19.6 Å². The normalized spacial score (nSPS) is 22.2. The number of Topliss-reactive ketones (excluding diaryl/α,β-unsaturated/α-hetero) is 1. The Morgan fingerprint density at radius 1 is 1.03 bits per heavy atom. The molecule has 1 aromatic rings. The minimum Gasteiger partial charge on any atom is -0.338 e. The molecule has 0 aromatic heterocycles. The number of nitrogens with zero attached hydrogens (tertiary/aromatic N) is 2. The number of hydrogen-bond donors (Lipinski definition) is 0. The zero-order valence-electron chi connectivity index (χ0n) is 18.2. The molecule has 158 valence electrons. The predicted octanol–water partition coefficient (Wildman–Crippen LogP) is 3.77. The Hall–Kier alpha value is -2.17. The number of ketones is 1. The lowest BCUT2D eigenvalue weighted by Crippen LogP contribution is -2.50. The van der Waals surface area contributed by atoms with E-state index in [0.29, 0.717) is 32.0 Å². The summed E-state index contributed by atoms with van der Waals surface area (Å²) in [6, 6.07) is 8.50. The SMILES string of the molecule is CC(C)CC(=O)C(=O)N1CCC2(CCCN(Cc3ccc(C(C)C)cc3)C2=O)C1. The summed E-state index contributed by atoms with van der Waals surface area (Å²) in [7, 11) is 0. The van der Waals surface area contributed by atoms with Gasteiger partial charge in [-0.25, -0.2) is 0 Å². The molecule has 1 atom stereocenters. The van der Waals surface area contributed by atoms with Crippen molar-refractivity contribution in [2.24, 2.45) is 11.3 Å². The van der Waals surface area contributed by atoms with Crippen LogP contribution in [-0.2, 0) is 20.9 Å². The fourth-order valence-electron chi connectivity index (χ4n) is 4.59. The van der Waals surface area contributed by atoms with Crippen LogP contribution in [0, 0.1) is 11.3 Å². The van der Waals surface area contributed by atoms with Crippen LogP contribution in [0.3, 0.4) is 0 Å². The van der Waals surface area contributed by atoms with Crippen LogP contribution in [0.15, 0.2) is 24.3 Å². The summed E-state index contributed by atoms with van der Waals surface area (Å²) in [5.74, 6) is 0.0525. The first-order valence-electron chi connectivity index (χ1n) is 10.9. The van der Waals surface area contributed by atoms with Crippen LogP contribution in [0.1, 0.15) is 70.4 Å². The second kappa shape index (κ2) is 8.68. The molecule has 2 amide bonds. The molecule has 2 aliphatic heterocycles. The lowest BCUT2D eigenvalue weighted by Gasteiger charge is -2.39. The molecule has 2 saturated heterocycles. The van der Waals surface area contributed by atoms with Gasteiger partial charge in [-0.3, -0.25) is 14.4 Å². The molecule has 2 heterocycles. The van der Waals surface area contributed by atoms with Gasteiger partial charge in [0.2, 0.25) is 11.7 Å². The van der Waals surface area contributed by atoms with Crippen molar-refractivity contribution in [3.63, 3.8) is 0 Å². The average molecular weight is 399 g/mol. The van der Waals surface area contributed by atoms with Crippen LogP contribution in [-0.4, -0.2) is 47.0 Å². The molecule has 1 spiro atoms. The van der Waals surface area contributed by atoms with Crippen molar-refractivity contribution in [3.8, 4) is 0 Å². The van der Waals surface area contributed by atoms with E-state index in [-0.39, 0.29) is 24.0 Å². The summed E-state index contributed by atoms with van der Waals surface area (Å²) >= 11 is 0. The Morgan fingerprint density at radius 3 is 2.34 bits per heavy atom. The van der Waals surface area contributed by atoms with Crippen LogP contribution < -0.4 is 0 Å². The number of amides is 2. The van der Waals surface area contributed by atoms with Crippen molar-refractivity contribution in [1.29, 1.82) is 0 Å². The van der Waals surface area contributed by atoms with Gasteiger partial charge >= 0.3 is 0 Å². The molecular formula is C24H34N2O3. The highest BCUT2D eigenvalue weighted by Gasteiger charge is 2.49. The van der Waals surface area contributed by atoms with E-state index in [1.165, 1.54) is 5.56 Å². The summed E-state index contributed by atoms with van der Waals surface area (Å²) in [6.07, 6.45) is 2.68. The third-order valence-corrected chi connectivity index (χ3v) is 6.32. The Morgan fingerprint density at radius 2 is 1.72 bits per heavy atom. The zero-order valence-corrected chi connectivity index (χ0v) is 18.2. The standard InChI is InChI=1S/C24H34N2O3/c1-17(2)14-21(27)22(28)26-13-11-24(16-26)10-5-12-25(23(24)29)15-19-6-8-20(9-7-19)18(3)4/h6-9,17-18H,5,10-16H2,1-4H3. The lowest BCUT2D eigenvalue weighted by atomic mass is 9.78. The van der Waals surface area contributed by atoms with Crippen LogP contribution in [0.4, 0.5) is 0 Å². The number of hydrogen-bond acceptors (Lipinski definition) is 3. The highest BCUT2D eigenvalue weighted by molar-refractivity contribution is 6.36. The second-order valence-corrected chi connectivity index (χ2v) is 9.50. The summed E-state index contributed by atoms with van der Waals surface area (Å²) in [5, 5.41) is 0. The van der Waals surface area contributed by atoms with E-state index >= 15 is 0 Å². The largest absolute Gasteiger partial charge is 0.338 e. The van der Waals surface area contributed by atoms with E-state index < -0.39 is 11.3 Å². The van der Waals surface area contributed by atoms with Crippen LogP contribution in [0.25, 0.3) is 0 Å². The van der Waals surface area contributed by atoms with Crippen molar-refractivity contribution in [3.05, 3.63) is 35.4 Å². The van der Waals surface area contributed by atoms with Crippen LogP contribution in [0.2, 0.25) is 0 Å². The Bertz CT molecular complexity index is 769. The molecule has 5 heteroatoms. The molecule has 29 heavy (non-hydrogen) atoms. The zero-order chi connectivity index (χ0) is 21.2. The number of piperidine rings is 1. The van der Waals surface area contributed by atoms with Gasteiger partial charge in [0.15, 0.2) is 0 Å². The topological polar surface area (TPSA) is 57.7 Å². The monoisotopic (exact) mass is 398 g/mol. The van der Waals surface area contributed by atoms with E-state index in [4.69, 9.17) is 0 Å². The predicted molar refractivity (Wildman–Crippen MR) is 113 cm³/mol. The Kier molecular flexibility index (Phi) is 6.45. The molecular weight excluding hydrogens is 364 g/mol. The van der Waals surface area contributed by atoms with E-state index in [1.54, 1.807) is 4.90 Å². The van der Waals surface area contributed by atoms with Crippen LogP contribution in [0.5, 0.6) is 0 Å². The van der Waals surface area contributed by atoms with Crippen molar-refractivity contribution in [1.82, 2.24) is 9.80 Å². The molecule has 1 unspecified atom stereocenters. The molecule has 0 saturated carbocycles. The molecule has 0 bridgehead atoms.